The Balaban J connectivity index is -0.0000000344. The van der Waals surface area contributed by atoms with E-state index in [2.05, 4.69) is 0 Å². The SMILES string of the molecule is CC.CCS(C)(=O)=O.CS(C)(=O)=O.[B].[B]. The van der Waals surface area contributed by atoms with Gasteiger partial charge in [-0.15, -0.1) is 0 Å². The first-order valence-corrected chi connectivity index (χ1v) is 8.25. The molecule has 0 N–H and O–H groups in total. The molecule has 0 fully saturated rings. The van der Waals surface area contributed by atoms with Crippen molar-refractivity contribution in [3.63, 3.8) is 0 Å². The molecule has 15 heavy (non-hydrogen) atoms. The molecule has 0 spiro atoms. The van der Waals surface area contributed by atoms with E-state index in [-0.39, 0.29) is 22.6 Å². The normalized spacial score (nSPS) is 8.93. The topological polar surface area (TPSA) is 68.3 Å². The minimum absolute atomic E-state index is 0. The molecule has 0 rings (SSSR count). The molecule has 0 unspecified atom stereocenters. The molecule has 0 saturated heterocycles. The second-order valence-electron chi connectivity index (χ2n) is 2.36. The largest absolute Gasteiger partial charge is 0.229 e. The smallest absolute Gasteiger partial charge is 0.147 e. The molecule has 0 bridgehead atoms. The van der Waals surface area contributed by atoms with Crippen LogP contribution in [0.2, 0.25) is 0 Å². The van der Waals surface area contributed by atoms with Crippen molar-refractivity contribution in [2.45, 2.75) is 20.8 Å². The molecule has 0 amide bonds. The second-order valence-corrected chi connectivity index (χ2v) is 7.07. The van der Waals surface area contributed by atoms with Gasteiger partial charge in [-0.25, -0.2) is 16.8 Å². The van der Waals surface area contributed by atoms with Crippen molar-refractivity contribution in [3.05, 3.63) is 0 Å². The lowest BCUT2D eigenvalue weighted by atomic mass is 10.8. The van der Waals surface area contributed by atoms with E-state index in [0.29, 0.717) is 0 Å². The van der Waals surface area contributed by atoms with Crippen molar-refractivity contribution >= 4 is 36.5 Å². The van der Waals surface area contributed by atoms with Crippen molar-refractivity contribution in [3.8, 4) is 0 Å². The van der Waals surface area contributed by atoms with Crippen molar-refractivity contribution in [1.29, 1.82) is 0 Å². The third-order valence-corrected chi connectivity index (χ3v) is 1.57. The van der Waals surface area contributed by atoms with Crippen LogP contribution in [0.1, 0.15) is 20.8 Å². The highest BCUT2D eigenvalue weighted by Crippen LogP contribution is 1.75. The third-order valence-electron chi connectivity index (χ3n) is 0.524. The summed E-state index contributed by atoms with van der Waals surface area (Å²) in [6, 6.07) is 0. The molecule has 0 aromatic heterocycles. The van der Waals surface area contributed by atoms with Crippen molar-refractivity contribution < 1.29 is 16.8 Å². The Kier molecular flexibility index (Phi) is 27.5. The summed E-state index contributed by atoms with van der Waals surface area (Å²) in [6.45, 7) is 5.62. The lowest BCUT2D eigenvalue weighted by Gasteiger charge is -1.81. The van der Waals surface area contributed by atoms with Gasteiger partial charge in [0.25, 0.3) is 0 Å². The highest BCUT2D eigenvalue weighted by molar-refractivity contribution is 7.90. The average Bonchev–Trinajstić information content (AvgIpc) is 1.87. The molecule has 0 aliphatic carbocycles. The zero-order valence-electron chi connectivity index (χ0n) is 10.3. The number of sulfone groups is 2. The monoisotopic (exact) mass is 254 g/mol. The molecule has 8 heteroatoms. The van der Waals surface area contributed by atoms with Crippen LogP contribution in [0.25, 0.3) is 0 Å². The predicted octanol–water partition coefficient (Wildman–Crippen LogP) is -0.0237. The molecule has 90 valence electrons. The molecule has 0 aliphatic rings. The van der Waals surface area contributed by atoms with Gasteiger partial charge in [-0.05, 0) is 0 Å². The van der Waals surface area contributed by atoms with Gasteiger partial charge in [-0.1, -0.05) is 20.8 Å². The fraction of sp³-hybridized carbons (Fsp3) is 1.00. The molecular weight excluding hydrogens is 234 g/mol. The average molecular weight is 254 g/mol. The van der Waals surface area contributed by atoms with Gasteiger partial charge in [0, 0.05) is 41.3 Å². The Morgan fingerprint density at radius 3 is 0.867 bits per heavy atom. The van der Waals surface area contributed by atoms with Gasteiger partial charge in [-0.3, -0.25) is 0 Å². The van der Waals surface area contributed by atoms with Crippen molar-refractivity contribution in [2.24, 2.45) is 0 Å². The van der Waals surface area contributed by atoms with Crippen LogP contribution in [0.5, 0.6) is 0 Å². The van der Waals surface area contributed by atoms with Crippen LogP contribution >= 0.6 is 0 Å². The van der Waals surface area contributed by atoms with Gasteiger partial charge in [-0.2, -0.15) is 0 Å². The second kappa shape index (κ2) is 14.0. The van der Waals surface area contributed by atoms with Crippen LogP contribution in [0, 0.1) is 0 Å². The van der Waals surface area contributed by atoms with Gasteiger partial charge < -0.3 is 0 Å². The first kappa shape index (κ1) is 29.4. The minimum Gasteiger partial charge on any atom is -0.229 e. The summed E-state index contributed by atoms with van der Waals surface area (Å²) in [5, 5.41) is 0. The maximum absolute atomic E-state index is 10.0. The van der Waals surface area contributed by atoms with E-state index >= 15 is 0 Å². The van der Waals surface area contributed by atoms with Crippen LogP contribution in [-0.2, 0) is 19.7 Å². The molecule has 0 aromatic carbocycles. The van der Waals surface area contributed by atoms with E-state index in [1.54, 1.807) is 6.92 Å². The van der Waals surface area contributed by atoms with Gasteiger partial charge in [0.2, 0.25) is 0 Å². The number of hydrogen-bond donors (Lipinski definition) is 0. The number of rotatable bonds is 1. The summed E-state index contributed by atoms with van der Waals surface area (Å²) >= 11 is 0. The fourth-order valence-electron chi connectivity index (χ4n) is 0. The lowest BCUT2D eigenvalue weighted by molar-refractivity contribution is 0.602. The van der Waals surface area contributed by atoms with Crippen LogP contribution in [-0.4, -0.2) is 58.2 Å². The molecule has 0 atom stereocenters. The summed E-state index contributed by atoms with van der Waals surface area (Å²) in [5.74, 6) is 0.243. The molecule has 0 aliphatic heterocycles. The standard InChI is InChI=1S/C3H8O2S.C2H6O2S.C2H6.2B/c1-3-6(2,4)5;1-5(2,3)4;1-2;;/h3H2,1-2H3;1-2H3;1-2H3;;. The Hall–Kier alpha value is 0.0299. The molecule has 4 nitrogen and oxygen atoms in total. The van der Waals surface area contributed by atoms with Gasteiger partial charge in [0.15, 0.2) is 0 Å². The summed E-state index contributed by atoms with van der Waals surface area (Å²) < 4.78 is 39.3. The zero-order chi connectivity index (χ0) is 11.7. The predicted molar refractivity (Wildman–Crippen MR) is 69.0 cm³/mol. The Labute approximate surface area is 98.8 Å². The van der Waals surface area contributed by atoms with Gasteiger partial charge in [0.05, 0.1) is 0 Å². The lowest BCUT2D eigenvalue weighted by Crippen LogP contribution is -1.96. The highest BCUT2D eigenvalue weighted by Gasteiger charge is 1.90. The van der Waals surface area contributed by atoms with Crippen LogP contribution < -0.4 is 0 Å². The van der Waals surface area contributed by atoms with E-state index in [1.165, 1.54) is 6.26 Å². The summed E-state index contributed by atoms with van der Waals surface area (Å²) in [5.41, 5.74) is 0. The summed E-state index contributed by atoms with van der Waals surface area (Å²) in [4.78, 5) is 0. The van der Waals surface area contributed by atoms with E-state index < -0.39 is 19.7 Å². The molecule has 0 heterocycles. The van der Waals surface area contributed by atoms with E-state index in [4.69, 9.17) is 0 Å². The summed E-state index contributed by atoms with van der Waals surface area (Å²) in [6.07, 6.45) is 3.53. The van der Waals surface area contributed by atoms with Crippen molar-refractivity contribution in [2.75, 3.05) is 24.5 Å². The molecule has 0 saturated carbocycles. The first-order chi connectivity index (χ1) is 5.56. The minimum atomic E-state index is -2.67. The third kappa shape index (κ3) is 221. The Bertz CT molecular complexity index is 274. The van der Waals surface area contributed by atoms with E-state index in [9.17, 15) is 16.8 Å². The number of hydrogen-bond acceptors (Lipinski definition) is 4. The Morgan fingerprint density at radius 2 is 0.867 bits per heavy atom. The maximum atomic E-state index is 10.0. The molecule has 6 radical (unpaired) electrons. The van der Waals surface area contributed by atoms with Crippen LogP contribution in [0.4, 0.5) is 0 Å². The first-order valence-electron chi connectivity index (χ1n) is 3.89. The van der Waals surface area contributed by atoms with Crippen LogP contribution in [0.15, 0.2) is 0 Å². The van der Waals surface area contributed by atoms with Crippen molar-refractivity contribution in [1.82, 2.24) is 0 Å². The molecular formula is C7H20B2O4S2. The Morgan fingerprint density at radius 1 is 0.800 bits per heavy atom. The highest BCUT2D eigenvalue weighted by atomic mass is 32.2. The van der Waals surface area contributed by atoms with E-state index in [1.807, 2.05) is 13.8 Å². The fourth-order valence-corrected chi connectivity index (χ4v) is 0. The zero-order valence-corrected chi connectivity index (χ0v) is 11.9. The summed E-state index contributed by atoms with van der Waals surface area (Å²) in [7, 11) is -5.33. The maximum Gasteiger partial charge on any atom is 0.147 e. The molecule has 0 aromatic rings. The van der Waals surface area contributed by atoms with Gasteiger partial charge in [0.1, 0.15) is 19.7 Å². The van der Waals surface area contributed by atoms with Crippen LogP contribution in [0.3, 0.4) is 0 Å². The van der Waals surface area contributed by atoms with Gasteiger partial charge >= 0.3 is 0 Å². The van der Waals surface area contributed by atoms with E-state index in [0.717, 1.165) is 12.5 Å². The quantitative estimate of drug-likeness (QED) is 0.616.